The average molecular weight is 476 g/mol. The van der Waals surface area contributed by atoms with E-state index in [1.54, 1.807) is 6.08 Å². The molecule has 0 saturated carbocycles. The third-order valence-electron chi connectivity index (χ3n) is 5.00. The molecule has 0 aliphatic carbocycles. The summed E-state index contributed by atoms with van der Waals surface area (Å²) in [7, 11) is 0. The summed E-state index contributed by atoms with van der Waals surface area (Å²) in [6.07, 6.45) is 1.70. The Balaban J connectivity index is 1.57. The summed E-state index contributed by atoms with van der Waals surface area (Å²) in [6.45, 7) is 4.68. The smallest absolute Gasteiger partial charge is 0.363 e. The third kappa shape index (κ3) is 4.94. The SMILES string of the molecule is CC(C)c1ccc(C2=N/C(=C\c3ccccc3OCc3ccccc3Br)C(=O)O2)cc1. The molecule has 156 valence electrons. The zero-order chi connectivity index (χ0) is 21.8. The van der Waals surface area contributed by atoms with Crippen molar-refractivity contribution in [2.24, 2.45) is 4.99 Å². The Bertz CT molecular complexity index is 1160. The fraction of sp³-hybridized carbons (Fsp3) is 0.154. The zero-order valence-corrected chi connectivity index (χ0v) is 18.9. The van der Waals surface area contributed by atoms with Gasteiger partial charge in [-0.1, -0.05) is 78.3 Å². The van der Waals surface area contributed by atoms with Crippen molar-refractivity contribution in [2.75, 3.05) is 0 Å². The Morgan fingerprint density at radius 1 is 1.00 bits per heavy atom. The number of hydrogen-bond donors (Lipinski definition) is 0. The van der Waals surface area contributed by atoms with Gasteiger partial charge in [-0.2, -0.15) is 0 Å². The molecule has 3 aromatic carbocycles. The monoisotopic (exact) mass is 475 g/mol. The first kappa shape index (κ1) is 21.1. The number of benzene rings is 3. The van der Waals surface area contributed by atoms with Gasteiger partial charge in [0.2, 0.25) is 5.90 Å². The van der Waals surface area contributed by atoms with Crippen LogP contribution in [0.1, 0.15) is 42.0 Å². The van der Waals surface area contributed by atoms with Crippen LogP contribution in [0.3, 0.4) is 0 Å². The Labute approximate surface area is 190 Å². The van der Waals surface area contributed by atoms with Crippen LogP contribution in [-0.4, -0.2) is 11.9 Å². The van der Waals surface area contributed by atoms with Gasteiger partial charge >= 0.3 is 5.97 Å². The Hall–Kier alpha value is -3.18. The van der Waals surface area contributed by atoms with Crippen molar-refractivity contribution in [2.45, 2.75) is 26.4 Å². The van der Waals surface area contributed by atoms with E-state index in [0.29, 0.717) is 24.2 Å². The summed E-state index contributed by atoms with van der Waals surface area (Å²) in [4.78, 5) is 16.8. The van der Waals surface area contributed by atoms with Crippen LogP contribution in [0.2, 0.25) is 0 Å². The predicted molar refractivity (Wildman–Crippen MR) is 126 cm³/mol. The van der Waals surface area contributed by atoms with Crippen LogP contribution in [0.4, 0.5) is 0 Å². The van der Waals surface area contributed by atoms with Crippen LogP contribution < -0.4 is 4.74 Å². The highest BCUT2D eigenvalue weighted by Gasteiger charge is 2.24. The second kappa shape index (κ2) is 9.31. The lowest BCUT2D eigenvalue weighted by Crippen LogP contribution is -2.05. The van der Waals surface area contributed by atoms with Gasteiger partial charge in [0.05, 0.1) is 0 Å². The van der Waals surface area contributed by atoms with E-state index < -0.39 is 5.97 Å². The van der Waals surface area contributed by atoms with Crippen LogP contribution in [-0.2, 0) is 16.1 Å². The average Bonchev–Trinajstić information content (AvgIpc) is 3.14. The lowest BCUT2D eigenvalue weighted by atomic mass is 10.0. The summed E-state index contributed by atoms with van der Waals surface area (Å²) in [6, 6.07) is 23.4. The van der Waals surface area contributed by atoms with E-state index in [2.05, 4.69) is 34.8 Å². The van der Waals surface area contributed by atoms with Crippen LogP contribution in [0.25, 0.3) is 6.08 Å². The maximum absolute atomic E-state index is 12.4. The molecule has 4 rings (SSSR count). The van der Waals surface area contributed by atoms with E-state index in [1.807, 2.05) is 72.8 Å². The summed E-state index contributed by atoms with van der Waals surface area (Å²) >= 11 is 3.54. The molecule has 0 amide bonds. The molecule has 0 fully saturated rings. The van der Waals surface area contributed by atoms with Gasteiger partial charge in [-0.15, -0.1) is 0 Å². The number of carbonyl (C=O) groups is 1. The van der Waals surface area contributed by atoms with Gasteiger partial charge in [0, 0.05) is 21.2 Å². The van der Waals surface area contributed by atoms with E-state index >= 15 is 0 Å². The van der Waals surface area contributed by atoms with E-state index in [0.717, 1.165) is 21.2 Å². The molecule has 0 bridgehead atoms. The first-order valence-corrected chi connectivity index (χ1v) is 10.9. The van der Waals surface area contributed by atoms with Crippen LogP contribution >= 0.6 is 15.9 Å². The number of halogens is 1. The zero-order valence-electron chi connectivity index (χ0n) is 17.3. The van der Waals surface area contributed by atoms with Crippen LogP contribution in [0, 0.1) is 0 Å². The van der Waals surface area contributed by atoms with Crippen molar-refractivity contribution in [3.8, 4) is 5.75 Å². The van der Waals surface area contributed by atoms with Gasteiger partial charge in [-0.3, -0.25) is 0 Å². The van der Waals surface area contributed by atoms with Gasteiger partial charge < -0.3 is 9.47 Å². The molecule has 5 heteroatoms. The molecular weight excluding hydrogens is 454 g/mol. The van der Waals surface area contributed by atoms with Crippen molar-refractivity contribution < 1.29 is 14.3 Å². The number of aliphatic imine (C=N–C) groups is 1. The molecule has 0 aromatic heterocycles. The highest BCUT2D eigenvalue weighted by atomic mass is 79.9. The molecular formula is C26H22BrNO3. The molecule has 1 aliphatic heterocycles. The second-order valence-corrected chi connectivity index (χ2v) is 8.39. The predicted octanol–water partition coefficient (Wildman–Crippen LogP) is 6.50. The highest BCUT2D eigenvalue weighted by molar-refractivity contribution is 9.10. The molecule has 1 heterocycles. The van der Waals surface area contributed by atoms with E-state index in [1.165, 1.54) is 5.56 Å². The first-order chi connectivity index (χ1) is 15.0. The molecule has 0 spiro atoms. The fourth-order valence-electron chi connectivity index (χ4n) is 3.19. The molecule has 4 nitrogen and oxygen atoms in total. The molecule has 3 aromatic rings. The minimum absolute atomic E-state index is 0.250. The number of ether oxygens (including phenoxy) is 2. The van der Waals surface area contributed by atoms with Crippen molar-refractivity contribution in [3.05, 3.63) is 105 Å². The third-order valence-corrected chi connectivity index (χ3v) is 5.77. The number of rotatable bonds is 6. The fourth-order valence-corrected chi connectivity index (χ4v) is 3.59. The Morgan fingerprint density at radius 3 is 2.45 bits per heavy atom. The second-order valence-electron chi connectivity index (χ2n) is 7.53. The molecule has 0 atom stereocenters. The van der Waals surface area contributed by atoms with Crippen LogP contribution in [0.5, 0.6) is 5.75 Å². The maximum atomic E-state index is 12.4. The minimum Gasteiger partial charge on any atom is -0.488 e. The van der Waals surface area contributed by atoms with Gasteiger partial charge in [0.25, 0.3) is 0 Å². The Kier molecular flexibility index (Phi) is 6.33. The number of para-hydroxylation sites is 1. The number of esters is 1. The number of nitrogens with zero attached hydrogens (tertiary/aromatic N) is 1. The minimum atomic E-state index is -0.469. The van der Waals surface area contributed by atoms with E-state index in [4.69, 9.17) is 9.47 Å². The van der Waals surface area contributed by atoms with Crippen molar-refractivity contribution in [1.82, 2.24) is 0 Å². The Morgan fingerprint density at radius 2 is 1.71 bits per heavy atom. The topological polar surface area (TPSA) is 47.9 Å². The largest absolute Gasteiger partial charge is 0.488 e. The molecule has 31 heavy (non-hydrogen) atoms. The molecule has 0 radical (unpaired) electrons. The maximum Gasteiger partial charge on any atom is 0.363 e. The van der Waals surface area contributed by atoms with Crippen molar-refractivity contribution in [1.29, 1.82) is 0 Å². The van der Waals surface area contributed by atoms with Gasteiger partial charge in [-0.25, -0.2) is 9.79 Å². The number of cyclic esters (lactones) is 1. The summed E-state index contributed by atoms with van der Waals surface area (Å²) < 4.78 is 12.4. The lowest BCUT2D eigenvalue weighted by molar-refractivity contribution is -0.129. The standard InChI is InChI=1S/C26H22BrNO3/c1-17(2)18-11-13-19(14-12-18)25-28-23(26(29)31-25)15-20-7-4-6-10-24(20)30-16-21-8-3-5-9-22(21)27/h3-15,17H,16H2,1-2H3/b23-15-. The van der Waals surface area contributed by atoms with Crippen molar-refractivity contribution >= 4 is 33.9 Å². The van der Waals surface area contributed by atoms with E-state index in [-0.39, 0.29) is 5.70 Å². The summed E-state index contributed by atoms with van der Waals surface area (Å²) in [5.41, 5.74) is 4.05. The van der Waals surface area contributed by atoms with Gasteiger partial charge in [0.15, 0.2) is 5.70 Å². The van der Waals surface area contributed by atoms with Crippen LogP contribution in [0.15, 0.2) is 88.0 Å². The number of hydrogen-bond acceptors (Lipinski definition) is 4. The number of carbonyl (C=O) groups excluding carboxylic acids is 1. The lowest BCUT2D eigenvalue weighted by Gasteiger charge is -2.10. The normalized spacial score (nSPS) is 14.6. The van der Waals surface area contributed by atoms with Gasteiger partial charge in [-0.05, 0) is 41.8 Å². The highest BCUT2D eigenvalue weighted by Crippen LogP contribution is 2.27. The first-order valence-electron chi connectivity index (χ1n) is 10.1. The summed E-state index contributed by atoms with van der Waals surface area (Å²) in [5, 5.41) is 0. The van der Waals surface area contributed by atoms with Crippen molar-refractivity contribution in [3.63, 3.8) is 0 Å². The van der Waals surface area contributed by atoms with Gasteiger partial charge in [0.1, 0.15) is 12.4 Å². The van der Waals surface area contributed by atoms with E-state index in [9.17, 15) is 4.79 Å². The summed E-state index contributed by atoms with van der Waals surface area (Å²) in [5.74, 6) is 0.954. The molecule has 0 unspecified atom stereocenters. The molecule has 0 N–H and O–H groups in total. The quantitative estimate of drug-likeness (QED) is 0.302. The molecule has 1 aliphatic rings. The molecule has 0 saturated heterocycles.